The summed E-state index contributed by atoms with van der Waals surface area (Å²) in [7, 11) is 1.54. The van der Waals surface area contributed by atoms with Gasteiger partial charge < -0.3 is 19.2 Å². The van der Waals surface area contributed by atoms with E-state index in [0.717, 1.165) is 16.5 Å². The largest absolute Gasteiger partial charge is 0.497 e. The van der Waals surface area contributed by atoms with Crippen molar-refractivity contribution < 1.29 is 23.5 Å². The maximum absolute atomic E-state index is 12.2. The lowest BCUT2D eigenvalue weighted by atomic mass is 9.95. The number of ether oxygens (including phenoxy) is 2. The van der Waals surface area contributed by atoms with Crippen LogP contribution in [0.3, 0.4) is 0 Å². The first-order valence-electron chi connectivity index (χ1n) is 9.93. The Morgan fingerprint density at radius 1 is 1.10 bits per heavy atom. The zero-order chi connectivity index (χ0) is 22.5. The molecule has 0 aliphatic rings. The molecule has 162 valence electrons. The Balaban J connectivity index is 1.67. The van der Waals surface area contributed by atoms with Gasteiger partial charge in [-0.15, -0.1) is 0 Å². The van der Waals surface area contributed by atoms with Crippen molar-refractivity contribution in [2.75, 3.05) is 13.7 Å². The van der Waals surface area contributed by atoms with E-state index in [1.807, 2.05) is 19.1 Å². The molecule has 0 aliphatic carbocycles. The Morgan fingerprint density at radius 2 is 1.81 bits per heavy atom. The zero-order valence-electron chi connectivity index (χ0n) is 18.0. The number of rotatable bonds is 7. The van der Waals surface area contributed by atoms with Gasteiger partial charge in [0.25, 0.3) is 5.91 Å². The van der Waals surface area contributed by atoms with Gasteiger partial charge in [-0.25, -0.2) is 4.79 Å². The summed E-state index contributed by atoms with van der Waals surface area (Å²) in [6.45, 7) is 5.74. The predicted octanol–water partition coefficient (Wildman–Crippen LogP) is 3.71. The standard InChI is InChI=1S/C24H25NO6/c1-14(2)19-11-20-17(10-22(26)31-21(20)9-15(19)3)13-30-23(27)12-25-24(28)16-5-7-18(29-4)8-6-16/h5-11,14H,12-13H2,1-4H3,(H,25,28). The van der Waals surface area contributed by atoms with E-state index < -0.39 is 17.5 Å². The molecule has 3 rings (SSSR count). The minimum absolute atomic E-state index is 0.0973. The zero-order valence-corrected chi connectivity index (χ0v) is 18.0. The van der Waals surface area contributed by atoms with Crippen molar-refractivity contribution in [3.8, 4) is 5.75 Å². The molecule has 0 saturated carbocycles. The smallest absolute Gasteiger partial charge is 0.336 e. The summed E-state index contributed by atoms with van der Waals surface area (Å²) < 4.78 is 15.6. The molecule has 3 aromatic rings. The van der Waals surface area contributed by atoms with Gasteiger partial charge in [-0.1, -0.05) is 13.8 Å². The highest BCUT2D eigenvalue weighted by Crippen LogP contribution is 2.27. The molecule has 0 fully saturated rings. The fraction of sp³-hybridized carbons (Fsp3) is 0.292. The summed E-state index contributed by atoms with van der Waals surface area (Å²) in [6.07, 6.45) is 0. The monoisotopic (exact) mass is 423 g/mol. The van der Waals surface area contributed by atoms with Gasteiger partial charge in [-0.3, -0.25) is 9.59 Å². The molecular weight excluding hydrogens is 398 g/mol. The van der Waals surface area contributed by atoms with Crippen LogP contribution < -0.4 is 15.7 Å². The van der Waals surface area contributed by atoms with E-state index in [0.29, 0.717) is 28.4 Å². The van der Waals surface area contributed by atoms with Crippen LogP contribution in [0.4, 0.5) is 0 Å². The molecule has 7 nitrogen and oxygen atoms in total. The molecule has 0 aliphatic heterocycles. The maximum atomic E-state index is 12.2. The first-order chi connectivity index (χ1) is 14.8. The minimum atomic E-state index is -0.612. The van der Waals surface area contributed by atoms with Crippen molar-refractivity contribution in [3.05, 3.63) is 75.1 Å². The third kappa shape index (κ3) is 5.31. The molecule has 0 atom stereocenters. The number of hydrogen-bond acceptors (Lipinski definition) is 6. The Bertz CT molecular complexity index is 1160. The second-order valence-electron chi connectivity index (χ2n) is 7.52. The second-order valence-corrected chi connectivity index (χ2v) is 7.52. The molecule has 0 saturated heterocycles. The van der Waals surface area contributed by atoms with Crippen molar-refractivity contribution in [3.63, 3.8) is 0 Å². The van der Waals surface area contributed by atoms with Crippen LogP contribution in [0, 0.1) is 6.92 Å². The van der Waals surface area contributed by atoms with Crippen LogP contribution in [0.1, 0.15) is 46.8 Å². The number of nitrogens with one attached hydrogen (secondary N) is 1. The quantitative estimate of drug-likeness (QED) is 0.460. The molecule has 2 aromatic carbocycles. The highest BCUT2D eigenvalue weighted by atomic mass is 16.5. The van der Waals surface area contributed by atoms with Gasteiger partial charge >= 0.3 is 11.6 Å². The Labute approximate surface area is 180 Å². The number of aryl methyl sites for hydroxylation is 1. The summed E-state index contributed by atoms with van der Waals surface area (Å²) >= 11 is 0. The third-order valence-electron chi connectivity index (χ3n) is 4.97. The topological polar surface area (TPSA) is 94.8 Å². The average Bonchev–Trinajstić information content (AvgIpc) is 2.75. The number of carbonyl (C=O) groups is 2. The number of esters is 1. The summed E-state index contributed by atoms with van der Waals surface area (Å²) in [4.78, 5) is 36.2. The summed E-state index contributed by atoms with van der Waals surface area (Å²) in [5.74, 6) is -0.0897. The molecule has 7 heteroatoms. The van der Waals surface area contributed by atoms with Gasteiger partial charge in [-0.05, 0) is 60.4 Å². The van der Waals surface area contributed by atoms with E-state index in [1.165, 1.54) is 13.2 Å². The lowest BCUT2D eigenvalue weighted by Gasteiger charge is -2.13. The SMILES string of the molecule is COc1ccc(C(=O)NCC(=O)OCc2cc(=O)oc3cc(C)c(C(C)C)cc23)cc1. The lowest BCUT2D eigenvalue weighted by Crippen LogP contribution is -2.30. The Kier molecular flexibility index (Phi) is 6.74. The molecule has 31 heavy (non-hydrogen) atoms. The summed E-state index contributed by atoms with van der Waals surface area (Å²) in [5, 5.41) is 3.24. The van der Waals surface area contributed by atoms with Gasteiger partial charge in [-0.2, -0.15) is 0 Å². The molecule has 1 aromatic heterocycles. The van der Waals surface area contributed by atoms with E-state index in [-0.39, 0.29) is 13.2 Å². The van der Waals surface area contributed by atoms with E-state index in [2.05, 4.69) is 19.2 Å². The van der Waals surface area contributed by atoms with Crippen LogP contribution in [-0.4, -0.2) is 25.5 Å². The molecule has 0 unspecified atom stereocenters. The van der Waals surface area contributed by atoms with Crippen LogP contribution in [0.25, 0.3) is 11.0 Å². The van der Waals surface area contributed by atoms with Crippen LogP contribution in [-0.2, 0) is 16.1 Å². The number of fused-ring (bicyclic) bond motifs is 1. The Hall–Kier alpha value is -3.61. The first kappa shape index (κ1) is 22.1. The fourth-order valence-corrected chi connectivity index (χ4v) is 3.34. The molecule has 1 heterocycles. The van der Waals surface area contributed by atoms with Gasteiger partial charge in [0.1, 0.15) is 24.5 Å². The fourth-order valence-electron chi connectivity index (χ4n) is 3.34. The minimum Gasteiger partial charge on any atom is -0.497 e. The maximum Gasteiger partial charge on any atom is 0.336 e. The van der Waals surface area contributed by atoms with Gasteiger partial charge in [0.2, 0.25) is 0 Å². The van der Waals surface area contributed by atoms with E-state index in [4.69, 9.17) is 13.9 Å². The van der Waals surface area contributed by atoms with Crippen molar-refractivity contribution in [1.29, 1.82) is 0 Å². The van der Waals surface area contributed by atoms with Gasteiger partial charge in [0.05, 0.1) is 7.11 Å². The molecule has 1 N–H and O–H groups in total. The molecule has 1 amide bonds. The van der Waals surface area contributed by atoms with Crippen LogP contribution in [0.2, 0.25) is 0 Å². The van der Waals surface area contributed by atoms with Gasteiger partial charge in [0.15, 0.2) is 0 Å². The number of carbonyl (C=O) groups excluding carboxylic acids is 2. The number of benzene rings is 2. The highest BCUT2D eigenvalue weighted by molar-refractivity contribution is 5.96. The molecule has 0 bridgehead atoms. The summed E-state index contributed by atoms with van der Waals surface area (Å²) in [5.41, 5.74) is 3.05. The Morgan fingerprint density at radius 3 is 2.45 bits per heavy atom. The summed E-state index contributed by atoms with van der Waals surface area (Å²) in [6, 6.07) is 11.6. The number of methoxy groups -OCH3 is 1. The van der Waals surface area contributed by atoms with Crippen LogP contribution in [0.5, 0.6) is 5.75 Å². The highest BCUT2D eigenvalue weighted by Gasteiger charge is 2.14. The molecular formula is C24H25NO6. The van der Waals surface area contributed by atoms with E-state index >= 15 is 0 Å². The normalized spacial score (nSPS) is 10.9. The van der Waals surface area contributed by atoms with Crippen LogP contribution in [0.15, 0.2) is 51.7 Å². The van der Waals surface area contributed by atoms with E-state index in [9.17, 15) is 14.4 Å². The van der Waals surface area contributed by atoms with Crippen molar-refractivity contribution in [2.45, 2.75) is 33.3 Å². The number of amides is 1. The average molecular weight is 423 g/mol. The van der Waals surface area contributed by atoms with Crippen molar-refractivity contribution in [2.24, 2.45) is 0 Å². The van der Waals surface area contributed by atoms with Crippen molar-refractivity contribution in [1.82, 2.24) is 5.32 Å². The second kappa shape index (κ2) is 9.47. The van der Waals surface area contributed by atoms with Gasteiger partial charge in [0, 0.05) is 22.6 Å². The third-order valence-corrected chi connectivity index (χ3v) is 4.97. The van der Waals surface area contributed by atoms with Crippen molar-refractivity contribution >= 4 is 22.8 Å². The van der Waals surface area contributed by atoms with Crippen LogP contribution >= 0.6 is 0 Å². The van der Waals surface area contributed by atoms with E-state index in [1.54, 1.807) is 24.3 Å². The lowest BCUT2D eigenvalue weighted by molar-refractivity contribution is -0.143. The molecule has 0 spiro atoms. The first-order valence-corrected chi connectivity index (χ1v) is 9.93. The predicted molar refractivity (Wildman–Crippen MR) is 116 cm³/mol. The number of hydrogen-bond donors (Lipinski definition) is 1. The molecule has 0 radical (unpaired) electrons.